The molecule has 0 amide bonds. The Morgan fingerprint density at radius 2 is 1.71 bits per heavy atom. The SMILES string of the molecule is Cn1cc(S(=O)(=O)NC2CCC3CCCCC3C2)c(=O)n(C)c1=O. The van der Waals surface area contributed by atoms with Gasteiger partial charge in [-0.2, -0.15) is 0 Å². The Morgan fingerprint density at radius 3 is 2.42 bits per heavy atom. The Labute approximate surface area is 141 Å². The van der Waals surface area contributed by atoms with Gasteiger partial charge in [0.25, 0.3) is 5.56 Å². The van der Waals surface area contributed by atoms with Gasteiger partial charge in [-0.3, -0.25) is 9.36 Å². The summed E-state index contributed by atoms with van der Waals surface area (Å²) < 4.78 is 30.0. The molecule has 8 heteroatoms. The van der Waals surface area contributed by atoms with Crippen LogP contribution in [0.2, 0.25) is 0 Å². The molecular formula is C16H25N3O4S. The first-order valence-corrected chi connectivity index (χ1v) is 10.1. The molecule has 0 aromatic carbocycles. The van der Waals surface area contributed by atoms with Crippen LogP contribution in [0.25, 0.3) is 0 Å². The molecule has 24 heavy (non-hydrogen) atoms. The summed E-state index contributed by atoms with van der Waals surface area (Å²) in [6, 6.07) is -0.128. The minimum atomic E-state index is -3.93. The Bertz CT molecular complexity index is 840. The topological polar surface area (TPSA) is 90.2 Å². The van der Waals surface area contributed by atoms with Crippen LogP contribution >= 0.6 is 0 Å². The molecule has 0 radical (unpaired) electrons. The van der Waals surface area contributed by atoms with E-state index in [0.717, 1.165) is 40.5 Å². The van der Waals surface area contributed by atoms with Gasteiger partial charge >= 0.3 is 5.69 Å². The molecular weight excluding hydrogens is 330 g/mol. The molecule has 1 aromatic heterocycles. The molecule has 2 fully saturated rings. The first kappa shape index (κ1) is 17.4. The van der Waals surface area contributed by atoms with E-state index in [1.54, 1.807) is 0 Å². The van der Waals surface area contributed by atoms with Crippen LogP contribution in [0, 0.1) is 11.8 Å². The van der Waals surface area contributed by atoms with E-state index < -0.39 is 21.3 Å². The van der Waals surface area contributed by atoms with Crippen molar-refractivity contribution >= 4 is 10.0 Å². The van der Waals surface area contributed by atoms with Crippen LogP contribution in [-0.2, 0) is 24.1 Å². The first-order chi connectivity index (χ1) is 11.3. The molecule has 3 rings (SSSR count). The number of aromatic nitrogens is 2. The molecule has 1 N–H and O–H groups in total. The van der Waals surface area contributed by atoms with Crippen molar-refractivity contribution in [3.63, 3.8) is 0 Å². The average molecular weight is 355 g/mol. The summed E-state index contributed by atoms with van der Waals surface area (Å²) in [5, 5.41) is 0. The third-order valence-corrected chi connectivity index (χ3v) is 7.07. The zero-order valence-electron chi connectivity index (χ0n) is 14.2. The molecule has 3 unspecified atom stereocenters. The van der Waals surface area contributed by atoms with Crippen LogP contribution in [0.4, 0.5) is 0 Å². The fraction of sp³-hybridized carbons (Fsp3) is 0.750. The van der Waals surface area contributed by atoms with E-state index in [0.29, 0.717) is 5.92 Å². The summed E-state index contributed by atoms with van der Waals surface area (Å²) in [4.78, 5) is 23.6. The maximum Gasteiger partial charge on any atom is 0.330 e. The fourth-order valence-electron chi connectivity index (χ4n) is 4.22. The van der Waals surface area contributed by atoms with Gasteiger partial charge in [-0.25, -0.2) is 17.9 Å². The molecule has 2 aliphatic rings. The van der Waals surface area contributed by atoms with Crippen molar-refractivity contribution in [3.05, 3.63) is 27.0 Å². The number of hydrogen-bond acceptors (Lipinski definition) is 4. The van der Waals surface area contributed by atoms with Crippen molar-refractivity contribution in [1.82, 2.24) is 13.9 Å². The lowest BCUT2D eigenvalue weighted by Gasteiger charge is -2.39. The van der Waals surface area contributed by atoms with Gasteiger partial charge in [0.05, 0.1) is 0 Å². The van der Waals surface area contributed by atoms with E-state index >= 15 is 0 Å². The number of rotatable bonds is 3. The van der Waals surface area contributed by atoms with Crippen molar-refractivity contribution in [2.45, 2.75) is 55.9 Å². The van der Waals surface area contributed by atoms with Crippen LogP contribution in [0.3, 0.4) is 0 Å². The lowest BCUT2D eigenvalue weighted by atomic mass is 9.70. The number of nitrogens with one attached hydrogen (secondary N) is 1. The summed E-state index contributed by atoms with van der Waals surface area (Å²) in [7, 11) is -1.21. The van der Waals surface area contributed by atoms with Gasteiger partial charge in [0.15, 0.2) is 4.90 Å². The highest BCUT2D eigenvalue weighted by molar-refractivity contribution is 7.89. The van der Waals surface area contributed by atoms with E-state index in [1.807, 2.05) is 0 Å². The van der Waals surface area contributed by atoms with Gasteiger partial charge in [-0.15, -0.1) is 0 Å². The molecule has 3 atom stereocenters. The largest absolute Gasteiger partial charge is 0.330 e. The summed E-state index contributed by atoms with van der Waals surface area (Å²) >= 11 is 0. The Kier molecular flexibility index (Phi) is 4.70. The summed E-state index contributed by atoms with van der Waals surface area (Å²) in [6.45, 7) is 0. The van der Waals surface area contributed by atoms with Gasteiger partial charge in [-0.05, 0) is 31.1 Å². The zero-order chi connectivity index (χ0) is 17.5. The molecule has 1 aromatic rings. The highest BCUT2D eigenvalue weighted by Gasteiger charge is 2.34. The van der Waals surface area contributed by atoms with Crippen molar-refractivity contribution in [3.8, 4) is 0 Å². The maximum absolute atomic E-state index is 12.7. The second-order valence-corrected chi connectivity index (χ2v) is 8.87. The number of aryl methyl sites for hydroxylation is 1. The maximum atomic E-state index is 12.7. The highest BCUT2D eigenvalue weighted by atomic mass is 32.2. The quantitative estimate of drug-likeness (QED) is 0.865. The number of fused-ring (bicyclic) bond motifs is 1. The van der Waals surface area contributed by atoms with Crippen LogP contribution in [-0.4, -0.2) is 23.6 Å². The standard InChI is InChI=1S/C16H25N3O4S/c1-18-10-14(15(20)19(2)16(18)21)24(22,23)17-13-8-7-11-5-3-4-6-12(11)9-13/h10-13,17H,3-9H2,1-2H3. The number of nitrogens with zero attached hydrogens (tertiary/aromatic N) is 2. The summed E-state index contributed by atoms with van der Waals surface area (Å²) in [5.41, 5.74) is -1.32. The van der Waals surface area contributed by atoms with E-state index in [4.69, 9.17) is 0 Å². The van der Waals surface area contributed by atoms with Crippen molar-refractivity contribution < 1.29 is 8.42 Å². The minimum Gasteiger partial charge on any atom is -0.302 e. The zero-order valence-corrected chi connectivity index (χ0v) is 15.0. The average Bonchev–Trinajstić information content (AvgIpc) is 2.55. The third-order valence-electron chi connectivity index (χ3n) is 5.57. The third kappa shape index (κ3) is 3.21. The van der Waals surface area contributed by atoms with Crippen molar-refractivity contribution in [2.75, 3.05) is 0 Å². The molecule has 0 spiro atoms. The molecule has 134 valence electrons. The number of hydrogen-bond donors (Lipinski definition) is 1. The normalized spacial score (nSPS) is 27.7. The Hall–Kier alpha value is -1.41. The first-order valence-electron chi connectivity index (χ1n) is 8.58. The molecule has 2 saturated carbocycles. The lowest BCUT2D eigenvalue weighted by Crippen LogP contribution is -2.45. The fourth-order valence-corrected chi connectivity index (χ4v) is 5.67. The lowest BCUT2D eigenvalue weighted by molar-refractivity contribution is 0.152. The van der Waals surface area contributed by atoms with E-state index in [2.05, 4.69) is 4.72 Å². The van der Waals surface area contributed by atoms with Crippen LogP contribution in [0.1, 0.15) is 44.9 Å². The second kappa shape index (κ2) is 6.48. The van der Waals surface area contributed by atoms with Gasteiger partial charge in [0.1, 0.15) is 0 Å². The van der Waals surface area contributed by atoms with Gasteiger partial charge < -0.3 is 4.57 Å². The molecule has 2 aliphatic carbocycles. The van der Waals surface area contributed by atoms with Gasteiger partial charge in [0, 0.05) is 26.3 Å². The molecule has 0 aliphatic heterocycles. The van der Waals surface area contributed by atoms with Crippen LogP contribution in [0.15, 0.2) is 20.7 Å². The molecule has 0 saturated heterocycles. The Morgan fingerprint density at radius 1 is 1.04 bits per heavy atom. The van der Waals surface area contributed by atoms with Gasteiger partial charge in [0.2, 0.25) is 10.0 Å². The Balaban J connectivity index is 1.82. The minimum absolute atomic E-state index is 0.128. The smallest absolute Gasteiger partial charge is 0.302 e. The number of sulfonamides is 1. The van der Waals surface area contributed by atoms with Crippen molar-refractivity contribution in [2.24, 2.45) is 25.9 Å². The van der Waals surface area contributed by atoms with E-state index in [9.17, 15) is 18.0 Å². The van der Waals surface area contributed by atoms with Crippen molar-refractivity contribution in [1.29, 1.82) is 0 Å². The monoisotopic (exact) mass is 355 g/mol. The molecule has 7 nitrogen and oxygen atoms in total. The highest BCUT2D eigenvalue weighted by Crippen LogP contribution is 2.40. The van der Waals surface area contributed by atoms with E-state index in [1.165, 1.54) is 39.8 Å². The molecule has 1 heterocycles. The van der Waals surface area contributed by atoms with E-state index in [-0.39, 0.29) is 10.9 Å². The van der Waals surface area contributed by atoms with Crippen LogP contribution < -0.4 is 16.0 Å². The second-order valence-electron chi connectivity index (χ2n) is 7.19. The summed E-state index contributed by atoms with van der Waals surface area (Å²) in [5.74, 6) is 1.31. The van der Waals surface area contributed by atoms with Crippen LogP contribution in [0.5, 0.6) is 0 Å². The summed E-state index contributed by atoms with van der Waals surface area (Å²) in [6.07, 6.45) is 8.74. The predicted octanol–water partition coefficient (Wildman–Crippen LogP) is 0.721. The predicted molar refractivity (Wildman–Crippen MR) is 90.3 cm³/mol. The van der Waals surface area contributed by atoms with Gasteiger partial charge in [-0.1, -0.05) is 25.7 Å². The molecule has 0 bridgehead atoms.